The molecule has 6 rings (SSSR count). The maximum Gasteiger partial charge on any atom is 0.236 e. The molecule has 194 valence electrons. The van der Waals surface area contributed by atoms with Crippen LogP contribution in [0.4, 0.5) is 5.13 Å². The summed E-state index contributed by atoms with van der Waals surface area (Å²) in [5, 5.41) is 14.6. The molecule has 0 aliphatic heterocycles. The zero-order valence-corrected chi connectivity index (χ0v) is 22.9. The van der Waals surface area contributed by atoms with Crippen molar-refractivity contribution < 1.29 is 4.79 Å². The molecule has 0 unspecified atom stereocenters. The molecule has 6 aromatic rings. The Morgan fingerprint density at radius 3 is 1.82 bits per heavy atom. The highest BCUT2D eigenvalue weighted by Crippen LogP contribution is 2.30. The molecule has 0 atom stereocenters. The van der Waals surface area contributed by atoms with Crippen LogP contribution in [0.2, 0.25) is 0 Å². The lowest BCUT2D eigenvalue weighted by molar-refractivity contribution is -0.113. The minimum atomic E-state index is -0.178. The van der Waals surface area contributed by atoms with E-state index in [0.29, 0.717) is 16.0 Å². The SMILES string of the molecule is O=C(CSc1nnc(-c2ccccc2)c(-c2ccccc2)n1)Nc1nc(-c2ccc(-c3ccccc3)cc2)cs1. The summed E-state index contributed by atoms with van der Waals surface area (Å²) >= 11 is 2.64. The number of benzene rings is 4. The van der Waals surface area contributed by atoms with Gasteiger partial charge in [0, 0.05) is 22.1 Å². The van der Waals surface area contributed by atoms with Gasteiger partial charge in [0.25, 0.3) is 0 Å². The van der Waals surface area contributed by atoms with Crippen LogP contribution < -0.4 is 5.32 Å². The highest BCUT2D eigenvalue weighted by Gasteiger charge is 2.15. The number of anilines is 1. The second-order valence-electron chi connectivity index (χ2n) is 8.84. The third-order valence-corrected chi connectivity index (χ3v) is 7.73. The van der Waals surface area contributed by atoms with E-state index in [1.54, 1.807) is 0 Å². The number of thioether (sulfide) groups is 1. The molecule has 0 saturated heterocycles. The van der Waals surface area contributed by atoms with Crippen molar-refractivity contribution >= 4 is 34.1 Å². The lowest BCUT2D eigenvalue weighted by atomic mass is 10.0. The Hall–Kier alpha value is -4.66. The van der Waals surface area contributed by atoms with Crippen molar-refractivity contribution in [3.8, 4) is 44.9 Å². The zero-order chi connectivity index (χ0) is 27.1. The molecule has 0 fully saturated rings. The van der Waals surface area contributed by atoms with Crippen LogP contribution in [0.5, 0.6) is 0 Å². The van der Waals surface area contributed by atoms with Gasteiger partial charge in [0.15, 0.2) is 5.13 Å². The molecule has 1 amide bonds. The van der Waals surface area contributed by atoms with Crippen LogP contribution in [0.1, 0.15) is 0 Å². The van der Waals surface area contributed by atoms with Crippen LogP contribution in [0.15, 0.2) is 126 Å². The number of thiazole rings is 1. The first kappa shape index (κ1) is 25.6. The Morgan fingerprint density at radius 2 is 1.18 bits per heavy atom. The average Bonchev–Trinajstić information content (AvgIpc) is 3.49. The van der Waals surface area contributed by atoms with Crippen molar-refractivity contribution in [3.05, 3.63) is 121 Å². The van der Waals surface area contributed by atoms with Crippen LogP contribution in [0.3, 0.4) is 0 Å². The largest absolute Gasteiger partial charge is 0.301 e. The summed E-state index contributed by atoms with van der Waals surface area (Å²) in [4.78, 5) is 22.1. The van der Waals surface area contributed by atoms with Crippen LogP contribution in [0.25, 0.3) is 44.9 Å². The van der Waals surface area contributed by atoms with E-state index in [-0.39, 0.29) is 11.7 Å². The van der Waals surface area contributed by atoms with Crippen molar-refractivity contribution in [1.29, 1.82) is 0 Å². The maximum absolute atomic E-state index is 12.7. The fourth-order valence-electron chi connectivity index (χ4n) is 4.17. The fraction of sp³-hybridized carbons (Fsp3) is 0.0312. The molecular weight excluding hydrogens is 535 g/mol. The number of carbonyl (C=O) groups excluding carboxylic acids is 1. The van der Waals surface area contributed by atoms with Gasteiger partial charge in [-0.15, -0.1) is 21.5 Å². The molecule has 1 N–H and O–H groups in total. The number of rotatable bonds is 8. The Kier molecular flexibility index (Phi) is 7.70. The quantitative estimate of drug-likeness (QED) is 0.193. The molecular formula is C32H23N5OS2. The van der Waals surface area contributed by atoms with Crippen molar-refractivity contribution in [2.75, 3.05) is 11.1 Å². The van der Waals surface area contributed by atoms with E-state index in [4.69, 9.17) is 4.98 Å². The molecule has 0 aliphatic carbocycles. The van der Waals surface area contributed by atoms with E-state index >= 15 is 0 Å². The van der Waals surface area contributed by atoms with Crippen LogP contribution in [-0.2, 0) is 4.79 Å². The van der Waals surface area contributed by atoms with Gasteiger partial charge in [-0.25, -0.2) is 9.97 Å². The molecule has 0 aliphatic rings. The smallest absolute Gasteiger partial charge is 0.236 e. The fourth-order valence-corrected chi connectivity index (χ4v) is 5.50. The van der Waals surface area contributed by atoms with E-state index in [1.807, 2.05) is 96.4 Å². The summed E-state index contributed by atoms with van der Waals surface area (Å²) in [6.07, 6.45) is 0. The van der Waals surface area contributed by atoms with Gasteiger partial charge in [-0.3, -0.25) is 4.79 Å². The van der Waals surface area contributed by atoms with E-state index in [2.05, 4.69) is 44.8 Å². The van der Waals surface area contributed by atoms with Crippen molar-refractivity contribution in [1.82, 2.24) is 20.2 Å². The molecule has 0 bridgehead atoms. The Bertz CT molecular complexity index is 1720. The summed E-state index contributed by atoms with van der Waals surface area (Å²) in [6, 6.07) is 38.2. The van der Waals surface area contributed by atoms with E-state index in [1.165, 1.54) is 28.7 Å². The molecule has 4 aromatic carbocycles. The monoisotopic (exact) mass is 557 g/mol. The third-order valence-electron chi connectivity index (χ3n) is 6.13. The lowest BCUT2D eigenvalue weighted by Crippen LogP contribution is -2.14. The highest BCUT2D eigenvalue weighted by atomic mass is 32.2. The average molecular weight is 558 g/mol. The maximum atomic E-state index is 12.7. The van der Waals surface area contributed by atoms with Gasteiger partial charge < -0.3 is 5.32 Å². The first-order valence-corrected chi connectivity index (χ1v) is 14.5. The van der Waals surface area contributed by atoms with Crippen LogP contribution in [0, 0.1) is 0 Å². The van der Waals surface area contributed by atoms with Gasteiger partial charge in [-0.1, -0.05) is 127 Å². The van der Waals surface area contributed by atoms with Crippen LogP contribution >= 0.6 is 23.1 Å². The summed E-state index contributed by atoms with van der Waals surface area (Å²) < 4.78 is 0. The Morgan fingerprint density at radius 1 is 0.625 bits per heavy atom. The normalized spacial score (nSPS) is 10.8. The van der Waals surface area contributed by atoms with Crippen molar-refractivity contribution in [3.63, 3.8) is 0 Å². The topological polar surface area (TPSA) is 80.7 Å². The first-order valence-electron chi connectivity index (χ1n) is 12.6. The Balaban J connectivity index is 1.12. The molecule has 0 radical (unpaired) electrons. The van der Waals surface area contributed by atoms with Crippen LogP contribution in [-0.4, -0.2) is 31.8 Å². The molecule has 0 saturated carbocycles. The summed E-state index contributed by atoms with van der Waals surface area (Å²) in [5.74, 6) is -0.0382. The number of amides is 1. The first-order chi connectivity index (χ1) is 19.7. The second-order valence-corrected chi connectivity index (χ2v) is 10.6. The lowest BCUT2D eigenvalue weighted by Gasteiger charge is -2.09. The highest BCUT2D eigenvalue weighted by molar-refractivity contribution is 7.99. The second kappa shape index (κ2) is 12.0. The molecule has 2 heterocycles. The summed E-state index contributed by atoms with van der Waals surface area (Å²) in [7, 11) is 0. The van der Waals surface area contributed by atoms with Gasteiger partial charge in [-0.05, 0) is 11.1 Å². The van der Waals surface area contributed by atoms with Gasteiger partial charge in [0.1, 0.15) is 11.4 Å². The molecule has 0 spiro atoms. The van der Waals surface area contributed by atoms with Crippen molar-refractivity contribution in [2.45, 2.75) is 5.16 Å². The summed E-state index contributed by atoms with van der Waals surface area (Å²) in [5.41, 5.74) is 7.44. The number of hydrogen-bond donors (Lipinski definition) is 1. The number of carbonyl (C=O) groups is 1. The molecule has 6 nitrogen and oxygen atoms in total. The van der Waals surface area contributed by atoms with Gasteiger partial charge in [-0.2, -0.15) is 0 Å². The predicted molar refractivity (Wildman–Crippen MR) is 163 cm³/mol. The van der Waals surface area contributed by atoms with E-state index < -0.39 is 0 Å². The third kappa shape index (κ3) is 5.98. The predicted octanol–water partition coefficient (Wildman–Crippen LogP) is 7.73. The number of aromatic nitrogens is 4. The molecule has 2 aromatic heterocycles. The van der Waals surface area contributed by atoms with Gasteiger partial charge >= 0.3 is 0 Å². The van der Waals surface area contributed by atoms with E-state index in [9.17, 15) is 4.79 Å². The van der Waals surface area contributed by atoms with Gasteiger partial charge in [0.2, 0.25) is 11.1 Å². The van der Waals surface area contributed by atoms with E-state index in [0.717, 1.165) is 33.6 Å². The number of nitrogens with one attached hydrogen (secondary N) is 1. The minimum absolute atomic E-state index is 0.140. The zero-order valence-electron chi connectivity index (χ0n) is 21.3. The molecule has 40 heavy (non-hydrogen) atoms. The number of hydrogen-bond acceptors (Lipinski definition) is 7. The summed E-state index contributed by atoms with van der Waals surface area (Å²) in [6.45, 7) is 0. The Labute approximate surface area is 240 Å². The molecule has 8 heteroatoms. The van der Waals surface area contributed by atoms with Gasteiger partial charge in [0.05, 0.1) is 11.4 Å². The minimum Gasteiger partial charge on any atom is -0.301 e. The number of nitrogens with zero attached hydrogens (tertiary/aromatic N) is 4. The van der Waals surface area contributed by atoms with Crippen molar-refractivity contribution in [2.24, 2.45) is 0 Å². The standard InChI is InChI=1S/C32H23N5OS2/c38-28(34-31-33-27(20-39-31)24-18-16-23(17-19-24)22-10-4-1-5-11-22)21-40-32-35-29(25-12-6-2-7-13-25)30(36-37-32)26-14-8-3-9-15-26/h1-20H,21H2,(H,33,34,38).